The zero-order valence-electron chi connectivity index (χ0n) is 22.1. The third-order valence-corrected chi connectivity index (χ3v) is 8.16. The Morgan fingerprint density at radius 3 is 2.50 bits per heavy atom. The maximum atomic E-state index is 15.1. The summed E-state index contributed by atoms with van der Waals surface area (Å²) in [6.45, 7) is 3.36. The SMILES string of the molecule is COC(=O)CC1c2cccc(F)c2N=C(N2CCN(c3cccc(Br)c3)CC2)N1C1=CC(C)(C(F)(F)F)CC=C1. The lowest BCUT2D eigenvalue weighted by molar-refractivity contribution is -0.199. The van der Waals surface area contributed by atoms with Gasteiger partial charge in [0, 0.05) is 47.6 Å². The summed E-state index contributed by atoms with van der Waals surface area (Å²) in [5.74, 6) is -0.821. The number of rotatable bonds is 4. The number of hydrogen-bond donors (Lipinski definition) is 0. The van der Waals surface area contributed by atoms with Crippen molar-refractivity contribution in [2.24, 2.45) is 10.4 Å². The van der Waals surface area contributed by atoms with Gasteiger partial charge in [-0.15, -0.1) is 0 Å². The van der Waals surface area contributed by atoms with Crippen LogP contribution in [0.15, 0.2) is 75.9 Å². The van der Waals surface area contributed by atoms with Crippen molar-refractivity contribution in [2.45, 2.75) is 32.0 Å². The van der Waals surface area contributed by atoms with E-state index in [1.807, 2.05) is 29.2 Å². The van der Waals surface area contributed by atoms with E-state index >= 15 is 4.39 Å². The number of carbonyl (C=O) groups excluding carboxylic acids is 1. The van der Waals surface area contributed by atoms with Crippen LogP contribution < -0.4 is 4.90 Å². The van der Waals surface area contributed by atoms with Crippen LogP contribution in [0.1, 0.15) is 31.4 Å². The van der Waals surface area contributed by atoms with E-state index in [0.29, 0.717) is 37.7 Å². The van der Waals surface area contributed by atoms with Gasteiger partial charge in [0.2, 0.25) is 5.96 Å². The molecule has 212 valence electrons. The number of ether oxygens (including phenoxy) is 1. The number of anilines is 1. The van der Waals surface area contributed by atoms with Crippen LogP contribution in [0, 0.1) is 11.2 Å². The number of aliphatic imine (C=N–C) groups is 1. The zero-order valence-corrected chi connectivity index (χ0v) is 23.7. The third-order valence-electron chi connectivity index (χ3n) is 7.66. The molecule has 0 spiro atoms. The summed E-state index contributed by atoms with van der Waals surface area (Å²) in [6, 6.07) is 11.6. The Morgan fingerprint density at radius 2 is 1.82 bits per heavy atom. The van der Waals surface area contributed by atoms with Gasteiger partial charge in [0.1, 0.15) is 11.5 Å². The van der Waals surface area contributed by atoms with Gasteiger partial charge in [0.25, 0.3) is 0 Å². The number of guanidine groups is 1. The molecule has 40 heavy (non-hydrogen) atoms. The lowest BCUT2D eigenvalue weighted by atomic mass is 9.81. The van der Waals surface area contributed by atoms with Crippen molar-refractivity contribution in [2.75, 3.05) is 38.2 Å². The van der Waals surface area contributed by atoms with Crippen molar-refractivity contribution in [3.05, 3.63) is 82.2 Å². The number of piperazine rings is 1. The fraction of sp³-hybridized carbons (Fsp3) is 0.379. The first kappa shape index (κ1) is 28.2. The smallest absolute Gasteiger partial charge is 0.397 e. The quantitative estimate of drug-likeness (QED) is 0.280. The third kappa shape index (κ3) is 5.35. The standard InChI is InChI=1S/C29H29BrF4N4O2/c1-28(29(32,33)34)11-5-8-21(18-28)38-24(17-25(39)40-2)22-9-4-10-23(31)26(22)35-27(38)37-14-12-36(13-15-37)20-7-3-6-19(30)16-20/h3-10,16,18,24H,11-15,17H2,1-2H3. The van der Waals surface area contributed by atoms with Gasteiger partial charge in [-0.25, -0.2) is 9.38 Å². The second-order valence-electron chi connectivity index (χ2n) is 10.3. The Hall–Kier alpha value is -3.34. The molecule has 5 rings (SSSR count). The normalized spacial score (nSPS) is 23.0. The summed E-state index contributed by atoms with van der Waals surface area (Å²) in [6.07, 6.45) is -0.601. The highest BCUT2D eigenvalue weighted by molar-refractivity contribution is 9.10. The first-order valence-electron chi connectivity index (χ1n) is 13.0. The molecule has 0 amide bonds. The maximum absolute atomic E-state index is 15.1. The average Bonchev–Trinajstić information content (AvgIpc) is 2.92. The van der Waals surface area contributed by atoms with Gasteiger partial charge in [-0.05, 0) is 49.8 Å². The highest BCUT2D eigenvalue weighted by atomic mass is 79.9. The molecule has 0 N–H and O–H groups in total. The molecule has 1 fully saturated rings. The van der Waals surface area contributed by atoms with Crippen molar-refractivity contribution < 1.29 is 27.1 Å². The summed E-state index contributed by atoms with van der Waals surface area (Å²) in [7, 11) is 1.25. The molecule has 3 aliphatic rings. The molecule has 2 heterocycles. The van der Waals surface area contributed by atoms with Crippen molar-refractivity contribution in [1.29, 1.82) is 0 Å². The van der Waals surface area contributed by atoms with E-state index in [1.54, 1.807) is 17.0 Å². The van der Waals surface area contributed by atoms with Gasteiger partial charge in [0.05, 0.1) is 25.0 Å². The minimum atomic E-state index is -4.49. The number of methoxy groups -OCH3 is 1. The van der Waals surface area contributed by atoms with Crippen LogP contribution in [-0.4, -0.2) is 61.2 Å². The zero-order chi connectivity index (χ0) is 28.7. The van der Waals surface area contributed by atoms with Gasteiger partial charge in [-0.1, -0.05) is 40.2 Å². The second kappa shape index (κ2) is 10.9. The number of nitrogens with zero attached hydrogens (tertiary/aromatic N) is 4. The van der Waals surface area contributed by atoms with Crippen LogP contribution in [0.4, 0.5) is 28.9 Å². The number of esters is 1. The molecule has 6 nitrogen and oxygen atoms in total. The Kier molecular flexibility index (Phi) is 7.69. The monoisotopic (exact) mass is 620 g/mol. The Balaban J connectivity index is 1.58. The lowest BCUT2D eigenvalue weighted by Gasteiger charge is -2.46. The van der Waals surface area contributed by atoms with E-state index in [1.165, 1.54) is 31.4 Å². The number of carbonyl (C=O) groups is 1. The van der Waals surface area contributed by atoms with Crippen LogP contribution in [0.5, 0.6) is 0 Å². The van der Waals surface area contributed by atoms with Gasteiger partial charge in [-0.3, -0.25) is 4.79 Å². The molecule has 2 unspecified atom stereocenters. The molecule has 1 aliphatic carbocycles. The topological polar surface area (TPSA) is 48.4 Å². The predicted molar refractivity (Wildman–Crippen MR) is 149 cm³/mol. The fourth-order valence-electron chi connectivity index (χ4n) is 5.35. The summed E-state index contributed by atoms with van der Waals surface area (Å²) in [4.78, 5) is 23.1. The van der Waals surface area contributed by atoms with E-state index in [-0.39, 0.29) is 24.2 Å². The molecule has 2 aromatic rings. The number of hydrogen-bond acceptors (Lipinski definition) is 6. The molecule has 1 saturated heterocycles. The highest BCUT2D eigenvalue weighted by Gasteiger charge is 2.51. The largest absolute Gasteiger partial charge is 0.469 e. The summed E-state index contributed by atoms with van der Waals surface area (Å²) in [5, 5.41) is 0. The Labute approximate surface area is 238 Å². The summed E-state index contributed by atoms with van der Waals surface area (Å²) < 4.78 is 63.4. The number of fused-ring (bicyclic) bond motifs is 1. The van der Waals surface area contributed by atoms with Crippen molar-refractivity contribution in [3.8, 4) is 0 Å². The molecule has 0 saturated carbocycles. The van der Waals surface area contributed by atoms with Crippen LogP contribution in [-0.2, 0) is 9.53 Å². The van der Waals surface area contributed by atoms with E-state index in [9.17, 15) is 18.0 Å². The first-order valence-corrected chi connectivity index (χ1v) is 13.7. The van der Waals surface area contributed by atoms with Crippen LogP contribution >= 0.6 is 15.9 Å². The molecule has 2 atom stereocenters. The highest BCUT2D eigenvalue weighted by Crippen LogP contribution is 2.48. The summed E-state index contributed by atoms with van der Waals surface area (Å²) >= 11 is 3.50. The van der Waals surface area contributed by atoms with E-state index < -0.39 is 29.4 Å². The lowest BCUT2D eigenvalue weighted by Crippen LogP contribution is -2.55. The minimum absolute atomic E-state index is 0.0797. The molecule has 0 aromatic heterocycles. The summed E-state index contributed by atoms with van der Waals surface area (Å²) in [5.41, 5.74) is -0.329. The molecule has 2 aliphatic heterocycles. The van der Waals surface area contributed by atoms with Crippen LogP contribution in [0.25, 0.3) is 0 Å². The molecule has 11 heteroatoms. The van der Waals surface area contributed by atoms with Crippen molar-refractivity contribution in [1.82, 2.24) is 9.80 Å². The van der Waals surface area contributed by atoms with Gasteiger partial charge < -0.3 is 19.4 Å². The molecular formula is C29H29BrF4N4O2. The molecule has 2 aromatic carbocycles. The number of para-hydroxylation sites is 1. The molecule has 0 bridgehead atoms. The van der Waals surface area contributed by atoms with Crippen LogP contribution in [0.2, 0.25) is 0 Å². The van der Waals surface area contributed by atoms with E-state index in [2.05, 4.69) is 25.8 Å². The number of alkyl halides is 3. The number of benzene rings is 2. The Morgan fingerprint density at radius 1 is 1.12 bits per heavy atom. The van der Waals surface area contributed by atoms with Gasteiger partial charge >= 0.3 is 12.1 Å². The van der Waals surface area contributed by atoms with Crippen molar-refractivity contribution >= 4 is 39.2 Å². The first-order chi connectivity index (χ1) is 19.0. The maximum Gasteiger partial charge on any atom is 0.397 e. The predicted octanol–water partition coefficient (Wildman–Crippen LogP) is 6.73. The number of halogens is 5. The molecule has 0 radical (unpaired) electrons. The fourth-order valence-corrected chi connectivity index (χ4v) is 5.74. The van der Waals surface area contributed by atoms with E-state index in [0.717, 1.165) is 17.1 Å². The van der Waals surface area contributed by atoms with Crippen molar-refractivity contribution in [3.63, 3.8) is 0 Å². The van der Waals surface area contributed by atoms with E-state index in [4.69, 9.17) is 4.74 Å². The Bertz CT molecular complexity index is 1380. The second-order valence-corrected chi connectivity index (χ2v) is 11.2. The van der Waals surface area contributed by atoms with Crippen LogP contribution in [0.3, 0.4) is 0 Å². The molecular weight excluding hydrogens is 592 g/mol. The number of allylic oxidation sites excluding steroid dienone is 3. The van der Waals surface area contributed by atoms with Gasteiger partial charge in [0.15, 0.2) is 0 Å². The average molecular weight is 621 g/mol. The van der Waals surface area contributed by atoms with Gasteiger partial charge in [-0.2, -0.15) is 13.2 Å². The minimum Gasteiger partial charge on any atom is -0.469 e.